The average molecular weight is 235 g/mol. The van der Waals surface area contributed by atoms with E-state index < -0.39 is 0 Å². The predicted octanol–water partition coefficient (Wildman–Crippen LogP) is 1.23. The third-order valence-electron chi connectivity index (χ3n) is 4.09. The molecule has 2 fully saturated rings. The highest BCUT2D eigenvalue weighted by molar-refractivity contribution is 5.73. The van der Waals surface area contributed by atoms with E-state index in [1.165, 1.54) is 6.42 Å². The molecule has 0 aromatic heterocycles. The van der Waals surface area contributed by atoms with Crippen molar-refractivity contribution in [1.82, 2.24) is 9.80 Å². The maximum atomic E-state index is 11.4. The molecule has 1 aliphatic heterocycles. The lowest BCUT2D eigenvalue weighted by Crippen LogP contribution is -2.40. The van der Waals surface area contributed by atoms with Gasteiger partial charge in [-0.05, 0) is 19.3 Å². The molecular formula is C13H21N3O. The van der Waals surface area contributed by atoms with Crippen LogP contribution >= 0.6 is 0 Å². The minimum Gasteiger partial charge on any atom is -0.342 e. The van der Waals surface area contributed by atoms with Gasteiger partial charge in [0.05, 0.1) is 12.0 Å². The molecule has 1 aliphatic carbocycles. The van der Waals surface area contributed by atoms with E-state index in [1.807, 2.05) is 4.90 Å². The van der Waals surface area contributed by atoms with Gasteiger partial charge in [0.1, 0.15) is 0 Å². The SMILES string of the molecule is CC(=O)N1CCCN(C2CCCC2C#N)CC1. The fraction of sp³-hybridized carbons (Fsp3) is 0.846. The second-order valence-corrected chi connectivity index (χ2v) is 5.13. The molecule has 2 rings (SSSR count). The molecular weight excluding hydrogens is 214 g/mol. The van der Waals surface area contributed by atoms with Gasteiger partial charge in [-0.2, -0.15) is 5.26 Å². The van der Waals surface area contributed by atoms with Crippen LogP contribution in [0.25, 0.3) is 0 Å². The van der Waals surface area contributed by atoms with Crippen molar-refractivity contribution in [2.24, 2.45) is 5.92 Å². The Hall–Kier alpha value is -1.08. The summed E-state index contributed by atoms with van der Waals surface area (Å²) >= 11 is 0. The fourth-order valence-electron chi connectivity index (χ4n) is 3.11. The van der Waals surface area contributed by atoms with Gasteiger partial charge in [0.25, 0.3) is 0 Å². The smallest absolute Gasteiger partial charge is 0.219 e. The van der Waals surface area contributed by atoms with E-state index in [0.29, 0.717) is 6.04 Å². The third-order valence-corrected chi connectivity index (χ3v) is 4.09. The lowest BCUT2D eigenvalue weighted by atomic mass is 10.0. The molecule has 0 bridgehead atoms. The van der Waals surface area contributed by atoms with Crippen LogP contribution in [0.1, 0.15) is 32.6 Å². The number of rotatable bonds is 1. The lowest BCUT2D eigenvalue weighted by Gasteiger charge is -2.29. The highest BCUT2D eigenvalue weighted by atomic mass is 16.2. The Kier molecular flexibility index (Phi) is 4.01. The Morgan fingerprint density at radius 1 is 1.18 bits per heavy atom. The molecule has 1 heterocycles. The van der Waals surface area contributed by atoms with Crippen LogP contribution in [0, 0.1) is 17.2 Å². The van der Waals surface area contributed by atoms with Crippen LogP contribution in [-0.4, -0.2) is 47.9 Å². The molecule has 2 atom stereocenters. The van der Waals surface area contributed by atoms with Crippen molar-refractivity contribution < 1.29 is 4.79 Å². The van der Waals surface area contributed by atoms with Crippen molar-refractivity contribution in [1.29, 1.82) is 5.26 Å². The van der Waals surface area contributed by atoms with E-state index in [9.17, 15) is 4.79 Å². The third kappa shape index (κ3) is 2.78. The maximum Gasteiger partial charge on any atom is 0.219 e. The molecule has 0 radical (unpaired) electrons. The summed E-state index contributed by atoms with van der Waals surface area (Å²) in [4.78, 5) is 15.7. The average Bonchev–Trinajstić information content (AvgIpc) is 2.65. The summed E-state index contributed by atoms with van der Waals surface area (Å²) in [6.45, 7) is 5.30. The number of hydrogen-bond acceptors (Lipinski definition) is 3. The molecule has 0 aromatic rings. The van der Waals surface area contributed by atoms with Crippen LogP contribution in [0.2, 0.25) is 0 Å². The van der Waals surface area contributed by atoms with Gasteiger partial charge in [0.2, 0.25) is 5.91 Å². The molecule has 1 saturated heterocycles. The summed E-state index contributed by atoms with van der Waals surface area (Å²) in [5, 5.41) is 9.14. The van der Waals surface area contributed by atoms with Crippen LogP contribution in [-0.2, 0) is 4.79 Å². The summed E-state index contributed by atoms with van der Waals surface area (Å²) in [5.74, 6) is 0.383. The number of carbonyl (C=O) groups excluding carboxylic acids is 1. The topological polar surface area (TPSA) is 47.3 Å². The second kappa shape index (κ2) is 5.50. The van der Waals surface area contributed by atoms with Gasteiger partial charge < -0.3 is 4.90 Å². The van der Waals surface area contributed by atoms with E-state index in [2.05, 4.69) is 11.0 Å². The Bertz CT molecular complexity index is 323. The fourth-order valence-corrected chi connectivity index (χ4v) is 3.11. The van der Waals surface area contributed by atoms with Crippen molar-refractivity contribution in [2.75, 3.05) is 26.2 Å². The van der Waals surface area contributed by atoms with E-state index in [4.69, 9.17) is 5.26 Å². The van der Waals surface area contributed by atoms with Crippen molar-refractivity contribution in [3.8, 4) is 6.07 Å². The van der Waals surface area contributed by atoms with E-state index in [1.54, 1.807) is 6.92 Å². The molecule has 0 N–H and O–H groups in total. The first-order valence-corrected chi connectivity index (χ1v) is 6.61. The summed E-state index contributed by atoms with van der Waals surface area (Å²) in [7, 11) is 0. The van der Waals surface area contributed by atoms with Gasteiger partial charge in [-0.25, -0.2) is 0 Å². The number of nitriles is 1. The highest BCUT2D eigenvalue weighted by Crippen LogP contribution is 2.30. The summed E-state index contributed by atoms with van der Waals surface area (Å²) in [6, 6.07) is 2.88. The van der Waals surface area contributed by atoms with Crippen molar-refractivity contribution in [3.05, 3.63) is 0 Å². The molecule has 0 spiro atoms. The maximum absolute atomic E-state index is 11.4. The van der Waals surface area contributed by atoms with Gasteiger partial charge >= 0.3 is 0 Å². The number of nitrogens with zero attached hydrogens (tertiary/aromatic N) is 3. The summed E-state index contributed by atoms with van der Waals surface area (Å²) in [6.07, 6.45) is 4.41. The molecule has 4 heteroatoms. The number of hydrogen-bond donors (Lipinski definition) is 0. The minimum absolute atomic E-state index is 0.176. The molecule has 2 aliphatic rings. The quantitative estimate of drug-likeness (QED) is 0.687. The normalized spacial score (nSPS) is 30.9. The first kappa shape index (κ1) is 12.4. The summed E-state index contributed by atoms with van der Waals surface area (Å²) < 4.78 is 0. The van der Waals surface area contributed by atoms with Crippen LogP contribution in [0.5, 0.6) is 0 Å². The van der Waals surface area contributed by atoms with E-state index in [-0.39, 0.29) is 11.8 Å². The number of amides is 1. The van der Waals surface area contributed by atoms with Crippen LogP contribution in [0.3, 0.4) is 0 Å². The van der Waals surface area contributed by atoms with Gasteiger partial charge in [0.15, 0.2) is 0 Å². The molecule has 94 valence electrons. The van der Waals surface area contributed by atoms with Gasteiger partial charge in [-0.1, -0.05) is 6.42 Å². The van der Waals surface area contributed by atoms with Gasteiger partial charge in [0, 0.05) is 39.1 Å². The number of carbonyl (C=O) groups is 1. The zero-order chi connectivity index (χ0) is 12.3. The first-order valence-electron chi connectivity index (χ1n) is 6.61. The minimum atomic E-state index is 0.176. The summed E-state index contributed by atoms with van der Waals surface area (Å²) in [5.41, 5.74) is 0. The molecule has 1 saturated carbocycles. The van der Waals surface area contributed by atoms with Crippen molar-refractivity contribution in [2.45, 2.75) is 38.6 Å². The van der Waals surface area contributed by atoms with E-state index in [0.717, 1.165) is 45.4 Å². The van der Waals surface area contributed by atoms with Crippen LogP contribution in [0.15, 0.2) is 0 Å². The van der Waals surface area contributed by atoms with Crippen LogP contribution in [0.4, 0.5) is 0 Å². The van der Waals surface area contributed by atoms with Crippen molar-refractivity contribution in [3.63, 3.8) is 0 Å². The molecule has 0 aromatic carbocycles. The lowest BCUT2D eigenvalue weighted by molar-refractivity contribution is -0.128. The monoisotopic (exact) mass is 235 g/mol. The molecule has 4 nitrogen and oxygen atoms in total. The Morgan fingerprint density at radius 3 is 2.71 bits per heavy atom. The first-order chi connectivity index (χ1) is 8.22. The molecule has 17 heavy (non-hydrogen) atoms. The zero-order valence-electron chi connectivity index (χ0n) is 10.6. The van der Waals surface area contributed by atoms with Gasteiger partial charge in [-0.3, -0.25) is 9.69 Å². The predicted molar refractivity (Wildman–Crippen MR) is 65.2 cm³/mol. The zero-order valence-corrected chi connectivity index (χ0v) is 10.6. The standard InChI is InChI=1S/C13H21N3O/c1-11(17)15-6-3-7-16(9-8-15)13-5-2-4-12(13)10-14/h12-13H,2-9H2,1H3. The Labute approximate surface area is 103 Å². The van der Waals surface area contributed by atoms with Crippen LogP contribution < -0.4 is 0 Å². The van der Waals surface area contributed by atoms with Gasteiger partial charge in [-0.15, -0.1) is 0 Å². The van der Waals surface area contributed by atoms with E-state index >= 15 is 0 Å². The molecule has 1 amide bonds. The Balaban J connectivity index is 1.94. The second-order valence-electron chi connectivity index (χ2n) is 5.13. The van der Waals surface area contributed by atoms with Crippen molar-refractivity contribution >= 4 is 5.91 Å². The molecule has 2 unspecified atom stereocenters. The highest BCUT2D eigenvalue weighted by Gasteiger charge is 2.32. The Morgan fingerprint density at radius 2 is 2.00 bits per heavy atom. The largest absolute Gasteiger partial charge is 0.342 e.